The summed E-state index contributed by atoms with van der Waals surface area (Å²) in [5.74, 6) is -0.831. The maximum atomic E-state index is 15.8. The van der Waals surface area contributed by atoms with Gasteiger partial charge in [0, 0.05) is 53.9 Å². The van der Waals surface area contributed by atoms with Crippen molar-refractivity contribution in [2.45, 2.75) is 116 Å². The number of ketones is 2. The number of non-ortho nitro benzene ring substituents is 1. The molecule has 0 aromatic heterocycles. The molecule has 0 N–H and O–H groups in total. The van der Waals surface area contributed by atoms with E-state index in [1.54, 1.807) is 24.3 Å². The fourth-order valence-electron chi connectivity index (χ4n) is 8.72. The van der Waals surface area contributed by atoms with Gasteiger partial charge in [0.1, 0.15) is 42.7 Å². The van der Waals surface area contributed by atoms with Crippen LogP contribution >= 0.6 is 15.9 Å². The standard InChI is InChI=1S/C54H56BrNO12Si/c1-32-24-37-26-42(64-31-36-18-20-38(21-19-36)56(60)61)49-50(46(37)41(25-32)63-30-35-16-12-9-13-17-35)52(59)47-39(62-29-34-14-10-8-11-15-34)22-23-40(48(47)51(49)58)66-45-27-43(65-33(2)57)53(44(28-55)67-45)68-69(6,7)54(3,4)5/h8-25,42-45,53H,26-31H2,1-7H3/t42-,43-,44-,45-,53+/m1/s1. The van der Waals surface area contributed by atoms with E-state index >= 15 is 9.59 Å². The zero-order valence-corrected chi connectivity index (χ0v) is 42.3. The number of alkyl halides is 1. The summed E-state index contributed by atoms with van der Waals surface area (Å²) in [7, 11) is -2.41. The quantitative estimate of drug-likeness (QED) is 0.0303. The van der Waals surface area contributed by atoms with Gasteiger partial charge in [0.2, 0.25) is 6.29 Å². The zero-order chi connectivity index (χ0) is 49.2. The number of fused-ring (bicyclic) bond motifs is 3. The monoisotopic (exact) mass is 1020 g/mol. The van der Waals surface area contributed by atoms with E-state index in [0.717, 1.165) is 22.3 Å². The van der Waals surface area contributed by atoms with Crippen LogP contribution in [0.1, 0.15) is 88.2 Å². The molecule has 1 heterocycles. The number of ether oxygens (including phenoxy) is 6. The summed E-state index contributed by atoms with van der Waals surface area (Å²) >= 11 is 3.61. The number of allylic oxidation sites excluding steroid dienone is 1. The Hall–Kier alpha value is -5.97. The molecule has 0 saturated carbocycles. The third-order valence-corrected chi connectivity index (χ3v) is 18.3. The Morgan fingerprint density at radius 3 is 1.99 bits per heavy atom. The van der Waals surface area contributed by atoms with Gasteiger partial charge >= 0.3 is 5.97 Å². The first kappa shape index (κ1) is 49.4. The highest BCUT2D eigenvalue weighted by molar-refractivity contribution is 9.09. The third-order valence-electron chi connectivity index (χ3n) is 13.2. The summed E-state index contributed by atoms with van der Waals surface area (Å²) in [6.45, 7) is 14.2. The van der Waals surface area contributed by atoms with E-state index in [1.807, 2.05) is 79.7 Å². The van der Waals surface area contributed by atoms with Gasteiger partial charge in [0.05, 0.1) is 34.9 Å². The average Bonchev–Trinajstić information content (AvgIpc) is 3.31. The number of Topliss-reactive ketones (excluding diaryl/α,β-unsaturated/α-hetero) is 2. The van der Waals surface area contributed by atoms with Crippen LogP contribution in [0.25, 0.3) is 5.57 Å². The fraction of sp³-hybridized carbons (Fsp3) is 0.352. The van der Waals surface area contributed by atoms with Gasteiger partial charge in [-0.1, -0.05) is 103 Å². The van der Waals surface area contributed by atoms with Gasteiger partial charge in [-0.2, -0.15) is 0 Å². The number of rotatable bonds is 16. The van der Waals surface area contributed by atoms with E-state index in [9.17, 15) is 14.9 Å². The lowest BCUT2D eigenvalue weighted by molar-refractivity contribution is -0.384. The summed E-state index contributed by atoms with van der Waals surface area (Å²) in [5, 5.41) is 11.6. The second-order valence-electron chi connectivity index (χ2n) is 19.1. The van der Waals surface area contributed by atoms with Crippen LogP contribution in [0.2, 0.25) is 18.1 Å². The molecule has 0 amide bonds. The van der Waals surface area contributed by atoms with E-state index < -0.39 is 61.5 Å². The second-order valence-corrected chi connectivity index (χ2v) is 24.5. The highest BCUT2D eigenvalue weighted by Crippen LogP contribution is 2.49. The Morgan fingerprint density at radius 2 is 1.39 bits per heavy atom. The Kier molecular flexibility index (Phi) is 14.7. The van der Waals surface area contributed by atoms with Crippen LogP contribution in [0.5, 0.6) is 17.2 Å². The molecule has 15 heteroatoms. The maximum absolute atomic E-state index is 15.8. The number of carbonyl (C=O) groups is 3. The van der Waals surface area contributed by atoms with Gasteiger partial charge in [0.25, 0.3) is 5.69 Å². The van der Waals surface area contributed by atoms with Crippen molar-refractivity contribution >= 4 is 53.0 Å². The number of hydrogen-bond donors (Lipinski definition) is 0. The molecule has 69 heavy (non-hydrogen) atoms. The summed E-state index contributed by atoms with van der Waals surface area (Å²) in [5.41, 5.74) is 4.65. The largest absolute Gasteiger partial charge is 0.488 e. The molecule has 5 atom stereocenters. The Morgan fingerprint density at radius 1 is 0.797 bits per heavy atom. The first-order valence-corrected chi connectivity index (χ1v) is 27.0. The van der Waals surface area contributed by atoms with Gasteiger partial charge in [-0.15, -0.1) is 0 Å². The fourth-order valence-corrected chi connectivity index (χ4v) is 10.6. The van der Waals surface area contributed by atoms with Crippen molar-refractivity contribution in [3.63, 3.8) is 0 Å². The third kappa shape index (κ3) is 10.8. The lowest BCUT2D eigenvalue weighted by Crippen LogP contribution is -2.58. The number of carbonyl (C=O) groups excluding carboxylic acids is 3. The van der Waals surface area contributed by atoms with Crippen molar-refractivity contribution < 1.29 is 52.2 Å². The van der Waals surface area contributed by atoms with Crippen molar-refractivity contribution in [1.82, 2.24) is 0 Å². The molecule has 8 rings (SSSR count). The number of nitro groups is 1. The van der Waals surface area contributed by atoms with Crippen LogP contribution in [0.3, 0.4) is 0 Å². The molecular formula is C54H56BrNO12Si. The molecule has 13 nitrogen and oxygen atoms in total. The van der Waals surface area contributed by atoms with Crippen molar-refractivity contribution in [1.29, 1.82) is 0 Å². The molecule has 3 aliphatic rings. The number of aryl methyl sites for hydroxylation is 1. The average molecular weight is 1020 g/mol. The van der Waals surface area contributed by atoms with E-state index in [-0.39, 0.29) is 77.2 Å². The number of benzene rings is 5. The Balaban J connectivity index is 1.23. The Labute approximate surface area is 411 Å². The van der Waals surface area contributed by atoms with Crippen LogP contribution in [0.15, 0.2) is 115 Å². The van der Waals surface area contributed by atoms with Crippen LogP contribution in [-0.2, 0) is 49.7 Å². The highest BCUT2D eigenvalue weighted by Gasteiger charge is 2.50. The molecule has 1 saturated heterocycles. The van der Waals surface area contributed by atoms with Crippen molar-refractivity contribution in [2.24, 2.45) is 0 Å². The molecular weight excluding hydrogens is 963 g/mol. The zero-order valence-electron chi connectivity index (χ0n) is 39.7. The van der Waals surface area contributed by atoms with Crippen LogP contribution in [0, 0.1) is 17.0 Å². The van der Waals surface area contributed by atoms with E-state index in [0.29, 0.717) is 22.2 Å². The van der Waals surface area contributed by atoms with Crippen molar-refractivity contribution in [2.75, 3.05) is 5.33 Å². The van der Waals surface area contributed by atoms with Crippen LogP contribution in [0.4, 0.5) is 5.69 Å². The van der Waals surface area contributed by atoms with Gasteiger partial charge in [0.15, 0.2) is 19.9 Å². The molecule has 0 unspecified atom stereocenters. The first-order valence-electron chi connectivity index (χ1n) is 23.0. The van der Waals surface area contributed by atoms with E-state index in [2.05, 4.69) is 49.8 Å². The van der Waals surface area contributed by atoms with Gasteiger partial charge < -0.3 is 32.8 Å². The summed E-state index contributed by atoms with van der Waals surface area (Å²) < 4.78 is 45.7. The van der Waals surface area contributed by atoms with E-state index in [1.165, 1.54) is 19.1 Å². The van der Waals surface area contributed by atoms with Crippen molar-refractivity contribution in [3.8, 4) is 17.2 Å². The highest BCUT2D eigenvalue weighted by atomic mass is 79.9. The maximum Gasteiger partial charge on any atom is 0.302 e. The lowest BCUT2D eigenvalue weighted by Gasteiger charge is -2.46. The molecule has 0 bridgehead atoms. The topological polar surface area (TPSA) is 159 Å². The van der Waals surface area contributed by atoms with Crippen molar-refractivity contribution in [3.05, 3.63) is 169 Å². The normalized spacial score (nSPS) is 20.1. The molecule has 1 aliphatic heterocycles. The van der Waals surface area contributed by atoms with Crippen LogP contribution in [-0.4, -0.2) is 66.8 Å². The molecule has 2 aliphatic carbocycles. The molecule has 5 aromatic rings. The molecule has 360 valence electrons. The molecule has 1 fully saturated rings. The number of hydrogen-bond acceptors (Lipinski definition) is 12. The second kappa shape index (κ2) is 20.5. The predicted molar refractivity (Wildman–Crippen MR) is 265 cm³/mol. The predicted octanol–water partition coefficient (Wildman–Crippen LogP) is 11.2. The van der Waals surface area contributed by atoms with Crippen LogP contribution < -0.4 is 14.2 Å². The number of nitro benzene ring substituents is 1. The minimum absolute atomic E-state index is 0.00672. The molecule has 0 spiro atoms. The minimum atomic E-state index is -2.41. The smallest absolute Gasteiger partial charge is 0.302 e. The van der Waals surface area contributed by atoms with E-state index in [4.69, 9.17) is 32.8 Å². The molecule has 5 aromatic carbocycles. The number of nitrogens with zero attached hydrogens (tertiary/aromatic N) is 1. The lowest BCUT2D eigenvalue weighted by atomic mass is 9.72. The Bertz CT molecular complexity index is 2770. The summed E-state index contributed by atoms with van der Waals surface area (Å²) in [6, 6.07) is 32.2. The van der Waals surface area contributed by atoms with Gasteiger partial charge in [-0.3, -0.25) is 24.5 Å². The molecule has 0 radical (unpaired) electrons. The number of esters is 1. The minimum Gasteiger partial charge on any atom is -0.488 e. The van der Waals surface area contributed by atoms with Gasteiger partial charge in [-0.05, 0) is 83.2 Å². The first-order chi connectivity index (χ1) is 32.9. The number of halogens is 1. The van der Waals surface area contributed by atoms with Gasteiger partial charge in [-0.25, -0.2) is 0 Å². The summed E-state index contributed by atoms with van der Waals surface area (Å²) in [4.78, 5) is 55.1. The summed E-state index contributed by atoms with van der Waals surface area (Å²) in [6.07, 6.45) is -3.72. The SMILES string of the molecule is CC(=O)O[C@@H]1C[C@H](Oc2ccc(OCc3ccccc3)c3c2C(=O)C2=C(C3=O)c3c(cc(C)cc3OCc3ccccc3)C[C@H]2OCc2ccc([N+](=O)[O-])cc2)O[C@H](CBr)[C@H]1O[Si](C)(C)C(C)(C)C.